The second kappa shape index (κ2) is 9.77. The zero-order valence-electron chi connectivity index (χ0n) is 17.7. The Labute approximate surface area is 200 Å². The predicted octanol–water partition coefficient (Wildman–Crippen LogP) is 4.05. The monoisotopic (exact) mass is 505 g/mol. The van der Waals surface area contributed by atoms with Crippen molar-refractivity contribution in [2.75, 3.05) is 24.7 Å². The number of hydrogen-bond acceptors (Lipinski definition) is 8. The van der Waals surface area contributed by atoms with E-state index in [1.807, 2.05) is 0 Å². The van der Waals surface area contributed by atoms with Crippen molar-refractivity contribution in [2.24, 2.45) is 0 Å². The summed E-state index contributed by atoms with van der Waals surface area (Å²) in [5.74, 6) is 1.10. The first-order chi connectivity index (χ1) is 15.9. The van der Waals surface area contributed by atoms with Crippen LogP contribution in [-0.2, 0) is 16.4 Å². The summed E-state index contributed by atoms with van der Waals surface area (Å²) in [6.07, 6.45) is 1.94. The highest BCUT2D eigenvalue weighted by atomic mass is 35.5. The minimum absolute atomic E-state index is 0.000828. The Kier molecular flexibility index (Phi) is 6.82. The molecular weight excluding hydrogens is 486 g/mol. The molecule has 0 fully saturated rings. The molecule has 0 aliphatic rings. The molecule has 0 radical (unpaired) electrons. The number of rotatable bonds is 9. The van der Waals surface area contributed by atoms with E-state index in [-0.39, 0.29) is 11.7 Å². The number of thiazole rings is 1. The van der Waals surface area contributed by atoms with Crippen molar-refractivity contribution in [3.8, 4) is 28.0 Å². The number of para-hydroxylation sites is 1. The van der Waals surface area contributed by atoms with Crippen LogP contribution in [0.15, 0.2) is 54.0 Å². The number of nitrogens with one attached hydrogen (secondary N) is 1. The topological polar surface area (TPSA) is 108 Å². The minimum atomic E-state index is -3.77. The average molecular weight is 506 g/mol. The molecular formula is C21H20ClN5O4S2. The number of halogens is 1. The molecule has 0 aliphatic heterocycles. The molecule has 0 bridgehead atoms. The molecule has 172 valence electrons. The van der Waals surface area contributed by atoms with Gasteiger partial charge in [-0.15, -0.1) is 21.5 Å². The number of anilines is 1. The van der Waals surface area contributed by atoms with Crippen molar-refractivity contribution in [1.29, 1.82) is 0 Å². The van der Waals surface area contributed by atoms with E-state index in [0.717, 1.165) is 5.56 Å². The van der Waals surface area contributed by atoms with Crippen LogP contribution in [0, 0.1) is 0 Å². The van der Waals surface area contributed by atoms with E-state index in [4.69, 9.17) is 21.1 Å². The molecule has 4 aromatic rings. The maximum Gasteiger partial charge on any atom is 0.243 e. The molecule has 0 aliphatic carbocycles. The van der Waals surface area contributed by atoms with Gasteiger partial charge in [0.2, 0.25) is 16.0 Å². The third-order valence-corrected chi connectivity index (χ3v) is 6.99. The van der Waals surface area contributed by atoms with Crippen molar-refractivity contribution < 1.29 is 17.9 Å². The lowest BCUT2D eigenvalue weighted by Crippen LogP contribution is -2.21. The lowest BCUT2D eigenvalue weighted by atomic mass is 10.2. The van der Waals surface area contributed by atoms with Crippen molar-refractivity contribution in [3.63, 3.8) is 0 Å². The van der Waals surface area contributed by atoms with Crippen LogP contribution in [0.2, 0.25) is 5.02 Å². The molecule has 1 N–H and O–H groups in total. The Morgan fingerprint density at radius 1 is 1.06 bits per heavy atom. The molecule has 4 rings (SSSR count). The first-order valence-electron chi connectivity index (χ1n) is 9.73. The van der Waals surface area contributed by atoms with Crippen molar-refractivity contribution in [2.45, 2.75) is 6.42 Å². The summed E-state index contributed by atoms with van der Waals surface area (Å²) in [6.45, 7) is 0. The quantitative estimate of drug-likeness (QED) is 0.365. The number of benzene rings is 2. The molecule has 2 aromatic carbocycles. The van der Waals surface area contributed by atoms with Crippen molar-refractivity contribution >= 4 is 38.9 Å². The van der Waals surface area contributed by atoms with Crippen LogP contribution in [0.1, 0.15) is 5.56 Å². The van der Waals surface area contributed by atoms with Gasteiger partial charge in [0.1, 0.15) is 17.2 Å². The van der Waals surface area contributed by atoms with Gasteiger partial charge in [-0.3, -0.25) is 9.29 Å². The van der Waals surface area contributed by atoms with Gasteiger partial charge in [0.05, 0.1) is 20.0 Å². The van der Waals surface area contributed by atoms with Crippen molar-refractivity contribution in [3.05, 3.63) is 64.6 Å². The molecule has 9 nitrogen and oxygen atoms in total. The van der Waals surface area contributed by atoms with E-state index in [9.17, 15) is 8.42 Å². The summed E-state index contributed by atoms with van der Waals surface area (Å²) in [5, 5.41) is 11.3. The van der Waals surface area contributed by atoms with E-state index in [1.54, 1.807) is 54.0 Å². The zero-order chi connectivity index (χ0) is 23.4. The van der Waals surface area contributed by atoms with E-state index in [2.05, 4.69) is 19.9 Å². The number of nitrogens with zero attached hydrogens (tertiary/aromatic N) is 4. The molecule has 0 unspecified atom stereocenters. The van der Waals surface area contributed by atoms with E-state index in [0.29, 0.717) is 39.5 Å². The molecule has 2 heterocycles. The SMILES string of the molecule is COc1cccc(OC)c1-n1c(NS(=O)(=O)CCc2ccc(Cl)cc2)nnc1-c1nccs1. The largest absolute Gasteiger partial charge is 0.494 e. The first kappa shape index (κ1) is 23.0. The van der Waals surface area contributed by atoms with Crippen LogP contribution < -0.4 is 14.2 Å². The fourth-order valence-electron chi connectivity index (χ4n) is 3.18. The summed E-state index contributed by atoms with van der Waals surface area (Å²) in [4.78, 5) is 4.30. The van der Waals surface area contributed by atoms with Crippen molar-refractivity contribution in [1.82, 2.24) is 19.7 Å². The second-order valence-corrected chi connectivity index (χ2v) is 10.0. The van der Waals surface area contributed by atoms with Gasteiger partial charge < -0.3 is 9.47 Å². The van der Waals surface area contributed by atoms with Gasteiger partial charge in [-0.25, -0.2) is 13.4 Å². The highest BCUT2D eigenvalue weighted by Gasteiger charge is 2.25. The van der Waals surface area contributed by atoms with Gasteiger partial charge in [0.25, 0.3) is 0 Å². The maximum absolute atomic E-state index is 12.9. The maximum atomic E-state index is 12.9. The summed E-state index contributed by atoms with van der Waals surface area (Å²) in [7, 11) is -0.742. The van der Waals surface area contributed by atoms with Gasteiger partial charge >= 0.3 is 0 Å². The molecule has 12 heteroatoms. The van der Waals surface area contributed by atoms with Gasteiger partial charge in [0.15, 0.2) is 10.8 Å². The lowest BCUT2D eigenvalue weighted by Gasteiger charge is -2.17. The van der Waals surface area contributed by atoms with Crippen LogP contribution in [0.3, 0.4) is 0 Å². The van der Waals surface area contributed by atoms with Crippen LogP contribution in [0.4, 0.5) is 5.95 Å². The summed E-state index contributed by atoms with van der Waals surface area (Å²) >= 11 is 7.25. The lowest BCUT2D eigenvalue weighted by molar-refractivity contribution is 0.391. The minimum Gasteiger partial charge on any atom is -0.494 e. The van der Waals surface area contributed by atoms with E-state index in [1.165, 1.54) is 30.1 Å². The predicted molar refractivity (Wildman–Crippen MR) is 128 cm³/mol. The number of aromatic nitrogens is 4. The Balaban J connectivity index is 1.73. The average Bonchev–Trinajstić information content (AvgIpc) is 3.48. The molecule has 0 amide bonds. The summed E-state index contributed by atoms with van der Waals surface area (Å²) < 4.78 is 41.0. The number of aryl methyl sites for hydroxylation is 1. The summed E-state index contributed by atoms with van der Waals surface area (Å²) in [6, 6.07) is 12.3. The van der Waals surface area contributed by atoms with Gasteiger partial charge in [-0.2, -0.15) is 0 Å². The van der Waals surface area contributed by atoms with Gasteiger partial charge in [0, 0.05) is 16.6 Å². The number of ether oxygens (including phenoxy) is 2. The normalized spacial score (nSPS) is 11.4. The van der Waals surface area contributed by atoms with Crippen LogP contribution in [0.25, 0.3) is 16.5 Å². The zero-order valence-corrected chi connectivity index (χ0v) is 20.1. The number of hydrogen-bond donors (Lipinski definition) is 1. The van der Waals surface area contributed by atoms with Crippen LogP contribution in [-0.4, -0.2) is 48.1 Å². The number of methoxy groups -OCH3 is 2. The van der Waals surface area contributed by atoms with E-state index < -0.39 is 10.0 Å². The third kappa shape index (κ3) is 5.10. The fourth-order valence-corrected chi connectivity index (χ4v) is 4.93. The molecule has 0 atom stereocenters. The fraction of sp³-hybridized carbons (Fsp3) is 0.190. The smallest absolute Gasteiger partial charge is 0.243 e. The van der Waals surface area contributed by atoms with E-state index >= 15 is 0 Å². The molecule has 0 saturated heterocycles. The Bertz CT molecular complexity index is 1320. The Morgan fingerprint density at radius 3 is 2.36 bits per heavy atom. The molecule has 2 aromatic heterocycles. The van der Waals surface area contributed by atoms with Gasteiger partial charge in [-0.1, -0.05) is 29.8 Å². The van der Waals surface area contributed by atoms with Crippen LogP contribution >= 0.6 is 22.9 Å². The Morgan fingerprint density at radius 2 is 1.76 bits per heavy atom. The third-order valence-electron chi connectivity index (χ3n) is 4.73. The summed E-state index contributed by atoms with van der Waals surface area (Å²) in [5.41, 5.74) is 1.30. The highest BCUT2D eigenvalue weighted by molar-refractivity contribution is 7.92. The first-order valence-corrected chi connectivity index (χ1v) is 12.6. The number of sulfonamides is 1. The Hall–Kier alpha value is -3.15. The molecule has 0 spiro atoms. The standard InChI is InChI=1S/C21H20ClN5O4S2/c1-30-16-4-3-5-17(31-2)18(16)27-19(20-23-11-12-32-20)24-25-21(27)26-33(28,29)13-10-14-6-8-15(22)9-7-14/h3-9,11-12H,10,13H2,1-2H3,(H,25,26). The molecule has 33 heavy (non-hydrogen) atoms. The highest BCUT2D eigenvalue weighted by Crippen LogP contribution is 2.38. The van der Waals surface area contributed by atoms with Gasteiger partial charge in [-0.05, 0) is 36.2 Å². The molecule has 0 saturated carbocycles. The van der Waals surface area contributed by atoms with Crippen LogP contribution in [0.5, 0.6) is 11.5 Å². The second-order valence-electron chi connectivity index (χ2n) is 6.83.